The molecule has 0 aliphatic rings. The van der Waals surface area contributed by atoms with Gasteiger partial charge in [-0.3, -0.25) is 0 Å². The van der Waals surface area contributed by atoms with E-state index >= 15 is 0 Å². The minimum atomic E-state index is -0.178. The maximum Gasteiger partial charge on any atom is 0.161 e. The van der Waals surface area contributed by atoms with E-state index in [1.807, 2.05) is 26.8 Å². The van der Waals surface area contributed by atoms with E-state index < -0.39 is 0 Å². The SMILES string of the molecule is CC(C)(C)c1cc(O)c(O)c(C(C)(C)C)c1.[W]. The van der Waals surface area contributed by atoms with Crippen LogP contribution in [0.3, 0.4) is 0 Å². The molecule has 2 N–H and O–H groups in total. The number of rotatable bonds is 0. The Bertz CT molecular complexity index is 398. The van der Waals surface area contributed by atoms with Gasteiger partial charge in [-0.25, -0.2) is 0 Å². The molecule has 0 spiro atoms. The van der Waals surface area contributed by atoms with Crippen molar-refractivity contribution in [1.82, 2.24) is 0 Å². The van der Waals surface area contributed by atoms with E-state index in [0.717, 1.165) is 11.1 Å². The first kappa shape index (κ1) is 16.5. The van der Waals surface area contributed by atoms with Crippen molar-refractivity contribution in [2.75, 3.05) is 0 Å². The molecular formula is C14H22O2W. The monoisotopic (exact) mass is 406 g/mol. The third-order valence-corrected chi connectivity index (χ3v) is 2.76. The average molecular weight is 406 g/mol. The van der Waals surface area contributed by atoms with Gasteiger partial charge in [0, 0.05) is 26.6 Å². The number of phenols is 2. The summed E-state index contributed by atoms with van der Waals surface area (Å²) < 4.78 is 0. The summed E-state index contributed by atoms with van der Waals surface area (Å²) in [6.45, 7) is 12.3. The molecule has 0 saturated heterocycles. The number of aromatic hydroxyl groups is 2. The zero-order chi connectivity index (χ0) is 12.7. The smallest absolute Gasteiger partial charge is 0.161 e. The molecule has 0 atom stereocenters. The Balaban J connectivity index is 0.00000256. The second-order valence-electron chi connectivity index (χ2n) is 6.39. The van der Waals surface area contributed by atoms with Crippen LogP contribution in [0.2, 0.25) is 0 Å². The van der Waals surface area contributed by atoms with Crippen LogP contribution in [0.25, 0.3) is 0 Å². The zero-order valence-electron chi connectivity index (χ0n) is 11.5. The van der Waals surface area contributed by atoms with E-state index in [0.29, 0.717) is 0 Å². The minimum Gasteiger partial charge on any atom is -0.504 e. The predicted molar refractivity (Wildman–Crippen MR) is 67.2 cm³/mol. The van der Waals surface area contributed by atoms with Gasteiger partial charge in [-0.2, -0.15) is 0 Å². The van der Waals surface area contributed by atoms with Gasteiger partial charge < -0.3 is 10.2 Å². The Morgan fingerprint density at radius 2 is 1.29 bits per heavy atom. The summed E-state index contributed by atoms with van der Waals surface area (Å²) in [5.74, 6) is -0.0298. The van der Waals surface area contributed by atoms with Crippen molar-refractivity contribution in [1.29, 1.82) is 0 Å². The van der Waals surface area contributed by atoms with Gasteiger partial charge in [-0.05, 0) is 22.5 Å². The molecule has 0 bridgehead atoms. The molecule has 96 valence electrons. The van der Waals surface area contributed by atoms with Gasteiger partial charge in [0.1, 0.15) is 0 Å². The maximum atomic E-state index is 9.87. The number of hydrogen-bond acceptors (Lipinski definition) is 2. The Hall–Kier alpha value is -0.492. The predicted octanol–water partition coefficient (Wildman–Crippen LogP) is 3.69. The van der Waals surface area contributed by atoms with Crippen LogP contribution in [0, 0.1) is 0 Å². The molecule has 17 heavy (non-hydrogen) atoms. The summed E-state index contributed by atoms with van der Waals surface area (Å²) in [4.78, 5) is 0. The standard InChI is InChI=1S/C14H22O2.W/c1-13(2,3)9-7-10(14(4,5)6)12(16)11(15)8-9;/h7-8,15-16H,1-6H3;. The van der Waals surface area contributed by atoms with E-state index in [4.69, 9.17) is 0 Å². The molecule has 0 aliphatic heterocycles. The molecule has 0 aliphatic carbocycles. The zero-order valence-corrected chi connectivity index (χ0v) is 14.4. The summed E-state index contributed by atoms with van der Waals surface area (Å²) in [5.41, 5.74) is 1.61. The molecule has 2 nitrogen and oxygen atoms in total. The molecule has 0 unspecified atom stereocenters. The Morgan fingerprint density at radius 3 is 1.65 bits per heavy atom. The van der Waals surface area contributed by atoms with E-state index in [1.165, 1.54) is 0 Å². The van der Waals surface area contributed by atoms with Crippen molar-refractivity contribution >= 4 is 0 Å². The number of benzene rings is 1. The van der Waals surface area contributed by atoms with Gasteiger partial charge in [-0.1, -0.05) is 47.6 Å². The number of hydrogen-bond donors (Lipinski definition) is 2. The summed E-state index contributed by atoms with van der Waals surface area (Å²) in [6, 6.07) is 3.62. The first-order chi connectivity index (χ1) is 7.03. The van der Waals surface area contributed by atoms with Crippen LogP contribution in [0.1, 0.15) is 52.7 Å². The van der Waals surface area contributed by atoms with Crippen molar-refractivity contribution in [2.45, 2.75) is 52.4 Å². The quantitative estimate of drug-likeness (QED) is 0.646. The fourth-order valence-electron chi connectivity index (χ4n) is 1.62. The van der Waals surface area contributed by atoms with Crippen molar-refractivity contribution in [2.24, 2.45) is 0 Å². The van der Waals surface area contributed by atoms with Gasteiger partial charge in [0.05, 0.1) is 0 Å². The van der Waals surface area contributed by atoms with Crippen LogP contribution in [0.15, 0.2) is 12.1 Å². The fraction of sp³-hybridized carbons (Fsp3) is 0.571. The van der Waals surface area contributed by atoms with Gasteiger partial charge in [0.15, 0.2) is 11.5 Å². The van der Waals surface area contributed by atoms with E-state index in [2.05, 4.69) is 20.8 Å². The van der Waals surface area contributed by atoms with Gasteiger partial charge in [-0.15, -0.1) is 0 Å². The van der Waals surface area contributed by atoms with Gasteiger partial charge in [0.25, 0.3) is 0 Å². The van der Waals surface area contributed by atoms with Crippen LogP contribution in [0.5, 0.6) is 11.5 Å². The largest absolute Gasteiger partial charge is 0.504 e. The molecule has 0 heterocycles. The van der Waals surface area contributed by atoms with E-state index in [-0.39, 0.29) is 43.4 Å². The maximum absolute atomic E-state index is 9.87. The number of phenolic OH excluding ortho intramolecular Hbond substituents is 2. The molecule has 0 fully saturated rings. The molecule has 1 aromatic carbocycles. The molecule has 1 rings (SSSR count). The fourth-order valence-corrected chi connectivity index (χ4v) is 1.62. The molecule has 1 aromatic rings. The van der Waals surface area contributed by atoms with Crippen LogP contribution in [0.4, 0.5) is 0 Å². The van der Waals surface area contributed by atoms with Crippen LogP contribution in [-0.4, -0.2) is 10.2 Å². The normalized spacial score (nSPS) is 12.1. The van der Waals surface area contributed by atoms with Crippen LogP contribution < -0.4 is 0 Å². The minimum absolute atomic E-state index is 0. The summed E-state index contributed by atoms with van der Waals surface area (Å²) >= 11 is 0. The van der Waals surface area contributed by atoms with Crippen molar-refractivity contribution in [3.63, 3.8) is 0 Å². The topological polar surface area (TPSA) is 40.5 Å². The van der Waals surface area contributed by atoms with E-state index in [9.17, 15) is 10.2 Å². The molecule has 0 aromatic heterocycles. The Morgan fingerprint density at radius 1 is 0.824 bits per heavy atom. The molecule has 0 saturated carbocycles. The second-order valence-corrected chi connectivity index (χ2v) is 6.39. The summed E-state index contributed by atoms with van der Waals surface area (Å²) in [6.07, 6.45) is 0. The van der Waals surface area contributed by atoms with Crippen molar-refractivity contribution in [3.8, 4) is 11.5 Å². The third kappa shape index (κ3) is 3.74. The summed E-state index contributed by atoms with van der Waals surface area (Å²) in [7, 11) is 0. The van der Waals surface area contributed by atoms with Gasteiger partial charge in [0.2, 0.25) is 0 Å². The second kappa shape index (κ2) is 5.02. The van der Waals surface area contributed by atoms with Crippen molar-refractivity contribution < 1.29 is 31.3 Å². The molecule has 0 amide bonds. The van der Waals surface area contributed by atoms with Crippen LogP contribution in [-0.2, 0) is 31.9 Å². The Kier molecular flexibility index (Phi) is 4.87. The van der Waals surface area contributed by atoms with Crippen molar-refractivity contribution in [3.05, 3.63) is 23.3 Å². The van der Waals surface area contributed by atoms with Crippen LogP contribution >= 0.6 is 0 Å². The molecule has 3 heteroatoms. The van der Waals surface area contributed by atoms with E-state index in [1.54, 1.807) is 6.07 Å². The first-order valence-electron chi connectivity index (χ1n) is 5.60. The Labute approximate surface area is 118 Å². The average Bonchev–Trinajstić information content (AvgIpc) is 2.05. The summed E-state index contributed by atoms with van der Waals surface area (Å²) in [5, 5.41) is 19.6. The molecular weight excluding hydrogens is 384 g/mol. The van der Waals surface area contributed by atoms with Gasteiger partial charge >= 0.3 is 0 Å². The first-order valence-corrected chi connectivity index (χ1v) is 5.60. The molecule has 0 radical (unpaired) electrons. The third-order valence-electron chi connectivity index (χ3n) is 2.76.